The first-order chi connectivity index (χ1) is 25.2. The Morgan fingerprint density at radius 1 is 0.314 bits per heavy atom. The van der Waals surface area contributed by atoms with E-state index in [-0.39, 0.29) is 0 Å². The number of hydrogen-bond donors (Lipinski definition) is 0. The number of furan rings is 1. The highest BCUT2D eigenvalue weighted by molar-refractivity contribution is 6.09. The van der Waals surface area contributed by atoms with Crippen molar-refractivity contribution in [1.29, 1.82) is 0 Å². The van der Waals surface area contributed by atoms with Crippen molar-refractivity contribution in [3.05, 3.63) is 176 Å². The second-order valence-corrected chi connectivity index (χ2v) is 12.9. The van der Waals surface area contributed by atoms with Crippen molar-refractivity contribution in [2.75, 3.05) is 0 Å². The van der Waals surface area contributed by atoms with Crippen LogP contribution in [0.2, 0.25) is 0 Å². The largest absolute Gasteiger partial charge is 0.455 e. The molecule has 0 bridgehead atoms. The third-order valence-corrected chi connectivity index (χ3v) is 9.73. The molecule has 0 aliphatic carbocycles. The van der Waals surface area contributed by atoms with E-state index in [1.807, 2.05) is 30.3 Å². The number of hydrogen-bond acceptors (Lipinski definition) is 4. The summed E-state index contributed by atoms with van der Waals surface area (Å²) < 4.78 is 6.42. The van der Waals surface area contributed by atoms with E-state index in [0.29, 0.717) is 17.5 Å². The van der Waals surface area contributed by atoms with Crippen molar-refractivity contribution in [3.8, 4) is 56.4 Å². The molecule has 0 saturated heterocycles. The van der Waals surface area contributed by atoms with Gasteiger partial charge in [0.2, 0.25) is 0 Å². The maximum absolute atomic E-state index is 6.42. The summed E-state index contributed by atoms with van der Waals surface area (Å²) in [4.78, 5) is 15.2. The molecule has 0 atom stereocenters. The van der Waals surface area contributed by atoms with E-state index in [2.05, 4.69) is 146 Å². The van der Waals surface area contributed by atoms with Crippen LogP contribution < -0.4 is 0 Å². The normalized spacial score (nSPS) is 11.5. The SMILES string of the molecule is c1ccc2cc(-c3ccc(-c4nc(-c5ccc(-c6ccc7ccccc7c6)cc5)nc(-c5cccc6c5oc5ccccc56)n4)cc3)ccc2c1. The van der Waals surface area contributed by atoms with Gasteiger partial charge in [0, 0.05) is 21.9 Å². The van der Waals surface area contributed by atoms with E-state index in [9.17, 15) is 0 Å². The summed E-state index contributed by atoms with van der Waals surface area (Å²) in [6, 6.07) is 61.2. The second-order valence-electron chi connectivity index (χ2n) is 12.9. The van der Waals surface area contributed by atoms with Crippen molar-refractivity contribution in [1.82, 2.24) is 15.0 Å². The Labute approximate surface area is 294 Å². The van der Waals surface area contributed by atoms with Crippen LogP contribution >= 0.6 is 0 Å². The molecule has 51 heavy (non-hydrogen) atoms. The highest BCUT2D eigenvalue weighted by Crippen LogP contribution is 2.36. The summed E-state index contributed by atoms with van der Waals surface area (Å²) in [5.74, 6) is 1.77. The van der Waals surface area contributed by atoms with E-state index >= 15 is 0 Å². The smallest absolute Gasteiger partial charge is 0.167 e. The highest BCUT2D eigenvalue weighted by Gasteiger charge is 2.18. The lowest BCUT2D eigenvalue weighted by Gasteiger charge is -2.10. The zero-order valence-electron chi connectivity index (χ0n) is 27.5. The Balaban J connectivity index is 1.08. The lowest BCUT2D eigenvalue weighted by atomic mass is 10.00. The second kappa shape index (κ2) is 11.9. The Morgan fingerprint density at radius 2 is 0.765 bits per heavy atom. The van der Waals surface area contributed by atoms with E-state index < -0.39 is 0 Å². The van der Waals surface area contributed by atoms with Gasteiger partial charge in [-0.1, -0.05) is 152 Å². The Kier molecular flexibility index (Phi) is 6.78. The van der Waals surface area contributed by atoms with E-state index in [4.69, 9.17) is 19.4 Å². The van der Waals surface area contributed by atoms with Crippen LogP contribution in [0, 0.1) is 0 Å². The minimum atomic E-state index is 0.567. The number of fused-ring (bicyclic) bond motifs is 5. The standard InChI is InChI=1S/C47H29N3O/c1-3-10-36-28-38(26-20-30(36)8-1)32-16-22-34(23-17-32)45-48-46(35-24-18-33(19-25-35)39-27-21-31-9-2-4-11-37(31)29-39)50-47(49-45)42-14-7-13-41-40-12-5-6-15-43(40)51-44(41)42/h1-29H. The van der Waals surface area contributed by atoms with Crippen LogP contribution in [0.25, 0.3) is 99.9 Å². The number of para-hydroxylation sites is 2. The van der Waals surface area contributed by atoms with Gasteiger partial charge >= 0.3 is 0 Å². The Hall–Kier alpha value is -6.91. The van der Waals surface area contributed by atoms with Gasteiger partial charge in [-0.15, -0.1) is 0 Å². The van der Waals surface area contributed by atoms with Crippen molar-refractivity contribution in [3.63, 3.8) is 0 Å². The summed E-state index contributed by atoms with van der Waals surface area (Å²) in [5, 5.41) is 7.00. The quantitative estimate of drug-likeness (QED) is 0.186. The first-order valence-corrected chi connectivity index (χ1v) is 17.1. The molecule has 0 aliphatic heterocycles. The van der Waals surface area contributed by atoms with Gasteiger partial charge in [-0.2, -0.15) is 0 Å². The van der Waals surface area contributed by atoms with E-state index in [1.54, 1.807) is 0 Å². The predicted molar refractivity (Wildman–Crippen MR) is 209 cm³/mol. The zero-order chi connectivity index (χ0) is 33.7. The van der Waals surface area contributed by atoms with Crippen molar-refractivity contribution in [2.24, 2.45) is 0 Å². The number of nitrogens with zero attached hydrogens (tertiary/aromatic N) is 3. The Bertz CT molecular complexity index is 2770. The van der Waals surface area contributed by atoms with E-state index in [1.165, 1.54) is 32.7 Å². The average molecular weight is 652 g/mol. The van der Waals surface area contributed by atoms with Gasteiger partial charge in [-0.05, 0) is 68.1 Å². The minimum Gasteiger partial charge on any atom is -0.455 e. The van der Waals surface area contributed by atoms with Crippen LogP contribution in [-0.4, -0.2) is 15.0 Å². The molecule has 238 valence electrons. The van der Waals surface area contributed by atoms with Crippen LogP contribution in [0.15, 0.2) is 180 Å². The maximum Gasteiger partial charge on any atom is 0.167 e. The van der Waals surface area contributed by atoms with Crippen LogP contribution in [0.1, 0.15) is 0 Å². The molecule has 10 rings (SSSR count). The van der Waals surface area contributed by atoms with Gasteiger partial charge in [-0.25, -0.2) is 15.0 Å². The fraction of sp³-hybridized carbons (Fsp3) is 0. The molecule has 0 N–H and O–H groups in total. The molecule has 0 fully saturated rings. The first-order valence-electron chi connectivity index (χ1n) is 17.1. The number of aromatic nitrogens is 3. The summed E-state index contributed by atoms with van der Waals surface area (Å²) in [6.07, 6.45) is 0. The van der Waals surface area contributed by atoms with Gasteiger partial charge in [0.15, 0.2) is 17.5 Å². The first kappa shape index (κ1) is 29.0. The molecular weight excluding hydrogens is 623 g/mol. The summed E-state index contributed by atoms with van der Waals surface area (Å²) >= 11 is 0. The summed E-state index contributed by atoms with van der Waals surface area (Å²) in [7, 11) is 0. The summed E-state index contributed by atoms with van der Waals surface area (Å²) in [6.45, 7) is 0. The van der Waals surface area contributed by atoms with E-state index in [0.717, 1.165) is 49.8 Å². The van der Waals surface area contributed by atoms with Gasteiger partial charge < -0.3 is 4.42 Å². The molecule has 2 aromatic heterocycles. The fourth-order valence-electron chi connectivity index (χ4n) is 7.04. The molecule has 8 aromatic carbocycles. The predicted octanol–water partition coefficient (Wildman–Crippen LogP) is 12.4. The average Bonchev–Trinajstić information content (AvgIpc) is 3.59. The molecule has 0 aliphatic rings. The lowest BCUT2D eigenvalue weighted by molar-refractivity contribution is 0.669. The van der Waals surface area contributed by atoms with Crippen molar-refractivity contribution in [2.45, 2.75) is 0 Å². The van der Waals surface area contributed by atoms with Gasteiger partial charge in [0.1, 0.15) is 11.2 Å². The van der Waals surface area contributed by atoms with Crippen LogP contribution in [-0.2, 0) is 0 Å². The highest BCUT2D eigenvalue weighted by atomic mass is 16.3. The molecule has 4 heteroatoms. The van der Waals surface area contributed by atoms with Gasteiger partial charge in [-0.3, -0.25) is 0 Å². The molecule has 0 spiro atoms. The topological polar surface area (TPSA) is 51.8 Å². The molecule has 0 saturated carbocycles. The molecular formula is C47H29N3O. The third kappa shape index (κ3) is 5.22. The number of rotatable bonds is 5. The maximum atomic E-state index is 6.42. The molecule has 2 heterocycles. The van der Waals surface area contributed by atoms with Gasteiger partial charge in [0.25, 0.3) is 0 Å². The summed E-state index contributed by atoms with van der Waals surface area (Å²) in [5.41, 5.74) is 8.85. The molecule has 0 radical (unpaired) electrons. The van der Waals surface area contributed by atoms with Crippen molar-refractivity contribution >= 4 is 43.5 Å². The van der Waals surface area contributed by atoms with Crippen LogP contribution in [0.3, 0.4) is 0 Å². The minimum absolute atomic E-state index is 0.567. The van der Waals surface area contributed by atoms with Crippen LogP contribution in [0.5, 0.6) is 0 Å². The van der Waals surface area contributed by atoms with Crippen molar-refractivity contribution < 1.29 is 4.42 Å². The Morgan fingerprint density at radius 3 is 1.35 bits per heavy atom. The molecule has 4 nitrogen and oxygen atoms in total. The molecule has 10 aromatic rings. The third-order valence-electron chi connectivity index (χ3n) is 9.73. The van der Waals surface area contributed by atoms with Gasteiger partial charge in [0.05, 0.1) is 5.56 Å². The molecule has 0 unspecified atom stereocenters. The monoisotopic (exact) mass is 651 g/mol. The zero-order valence-corrected chi connectivity index (χ0v) is 27.5. The number of benzene rings is 8. The molecule has 0 amide bonds. The fourth-order valence-corrected chi connectivity index (χ4v) is 7.04. The lowest BCUT2D eigenvalue weighted by Crippen LogP contribution is -2.00. The van der Waals surface area contributed by atoms with Crippen LogP contribution in [0.4, 0.5) is 0 Å².